The Hall–Kier alpha value is -2.40. The lowest BCUT2D eigenvalue weighted by atomic mass is 10.1. The van der Waals surface area contributed by atoms with Gasteiger partial charge in [0.05, 0.1) is 6.54 Å². The van der Waals surface area contributed by atoms with Crippen LogP contribution in [0.1, 0.15) is 10.4 Å². The van der Waals surface area contributed by atoms with Crippen LogP contribution in [0, 0.1) is 5.82 Å². The quantitative estimate of drug-likeness (QED) is 0.850. The molecule has 0 bridgehead atoms. The maximum atomic E-state index is 12.7. The number of Topliss-reactive ketones (excluding diaryl/α,β-unsaturated/α-hetero) is 1. The van der Waals surface area contributed by atoms with Crippen LogP contribution >= 0.6 is 11.6 Å². The lowest BCUT2D eigenvalue weighted by molar-refractivity contribution is 0.0993. The van der Waals surface area contributed by atoms with Crippen LogP contribution in [0.2, 0.25) is 5.02 Å². The lowest BCUT2D eigenvalue weighted by Crippen LogP contribution is -2.33. The Labute approximate surface area is 125 Å². The largest absolute Gasteiger partial charge is 0.330 e. The minimum absolute atomic E-state index is 0.176. The van der Waals surface area contributed by atoms with E-state index in [1.54, 1.807) is 24.3 Å². The second-order valence-electron chi connectivity index (χ2n) is 4.24. The molecule has 0 aliphatic heterocycles. The van der Waals surface area contributed by atoms with E-state index in [-0.39, 0.29) is 12.3 Å². The summed E-state index contributed by atoms with van der Waals surface area (Å²) in [6, 6.07) is 11.2. The molecule has 108 valence electrons. The molecule has 2 aromatic carbocycles. The van der Waals surface area contributed by atoms with E-state index in [1.165, 1.54) is 24.3 Å². The van der Waals surface area contributed by atoms with Gasteiger partial charge in [0.15, 0.2) is 5.78 Å². The van der Waals surface area contributed by atoms with Gasteiger partial charge in [-0.2, -0.15) is 0 Å². The van der Waals surface area contributed by atoms with Gasteiger partial charge in [0.25, 0.3) is 0 Å². The van der Waals surface area contributed by atoms with E-state index in [2.05, 4.69) is 10.6 Å². The number of urea groups is 1. The molecule has 2 rings (SSSR count). The normalized spacial score (nSPS) is 10.0. The van der Waals surface area contributed by atoms with Crippen molar-refractivity contribution in [3.8, 4) is 0 Å². The second-order valence-corrected chi connectivity index (χ2v) is 4.68. The van der Waals surface area contributed by atoms with E-state index in [9.17, 15) is 14.0 Å². The number of ketones is 1. The van der Waals surface area contributed by atoms with Gasteiger partial charge in [0.1, 0.15) is 5.82 Å². The van der Waals surface area contributed by atoms with E-state index in [0.717, 1.165) is 0 Å². The Bertz CT molecular complexity index is 642. The molecule has 0 saturated heterocycles. The molecule has 0 saturated carbocycles. The first-order chi connectivity index (χ1) is 10.0. The number of benzene rings is 2. The van der Waals surface area contributed by atoms with Gasteiger partial charge in [-0.05, 0) is 48.5 Å². The number of rotatable bonds is 4. The van der Waals surface area contributed by atoms with Gasteiger partial charge in [0.2, 0.25) is 0 Å². The highest BCUT2D eigenvalue weighted by molar-refractivity contribution is 6.30. The fourth-order valence-corrected chi connectivity index (χ4v) is 1.73. The van der Waals surface area contributed by atoms with Crippen LogP contribution < -0.4 is 10.6 Å². The third-order valence-corrected chi connectivity index (χ3v) is 2.93. The highest BCUT2D eigenvalue weighted by atomic mass is 35.5. The minimum Gasteiger partial charge on any atom is -0.330 e. The molecule has 0 aliphatic rings. The summed E-state index contributed by atoms with van der Waals surface area (Å²) in [5, 5.41) is 5.56. The zero-order valence-corrected chi connectivity index (χ0v) is 11.7. The monoisotopic (exact) mass is 306 g/mol. The van der Waals surface area contributed by atoms with E-state index < -0.39 is 11.8 Å². The van der Waals surface area contributed by atoms with Crippen molar-refractivity contribution in [1.29, 1.82) is 0 Å². The molecular formula is C15H12ClFN2O2. The summed E-state index contributed by atoms with van der Waals surface area (Å²) in [6.45, 7) is -0.176. The van der Waals surface area contributed by atoms with E-state index in [4.69, 9.17) is 11.6 Å². The van der Waals surface area contributed by atoms with Crippen molar-refractivity contribution in [3.05, 3.63) is 64.9 Å². The molecule has 0 aromatic heterocycles. The van der Waals surface area contributed by atoms with Crippen molar-refractivity contribution >= 4 is 29.1 Å². The average Bonchev–Trinajstić information content (AvgIpc) is 2.48. The number of nitrogens with one attached hydrogen (secondary N) is 2. The topological polar surface area (TPSA) is 58.2 Å². The van der Waals surface area contributed by atoms with Crippen molar-refractivity contribution in [2.24, 2.45) is 0 Å². The molecule has 0 unspecified atom stereocenters. The van der Waals surface area contributed by atoms with Crippen molar-refractivity contribution in [2.45, 2.75) is 0 Å². The molecule has 0 fully saturated rings. The summed E-state index contributed by atoms with van der Waals surface area (Å²) >= 11 is 5.73. The molecule has 0 heterocycles. The van der Waals surface area contributed by atoms with Crippen LogP contribution in [-0.2, 0) is 0 Å². The number of amides is 2. The molecule has 21 heavy (non-hydrogen) atoms. The third kappa shape index (κ3) is 4.57. The number of carbonyl (C=O) groups is 2. The van der Waals surface area contributed by atoms with Crippen molar-refractivity contribution in [2.75, 3.05) is 11.9 Å². The Balaban J connectivity index is 1.84. The zero-order valence-electron chi connectivity index (χ0n) is 10.9. The molecule has 2 aromatic rings. The third-order valence-electron chi connectivity index (χ3n) is 2.68. The maximum absolute atomic E-state index is 12.7. The van der Waals surface area contributed by atoms with E-state index >= 15 is 0 Å². The average molecular weight is 307 g/mol. The second kappa shape index (κ2) is 6.85. The Morgan fingerprint density at radius 1 is 1.00 bits per heavy atom. The minimum atomic E-state index is -0.507. The fraction of sp³-hybridized carbons (Fsp3) is 0.0667. The van der Waals surface area contributed by atoms with E-state index in [0.29, 0.717) is 16.3 Å². The first kappa shape index (κ1) is 15.0. The summed E-state index contributed by atoms with van der Waals surface area (Å²) in [4.78, 5) is 23.4. The van der Waals surface area contributed by atoms with Gasteiger partial charge in [-0.3, -0.25) is 4.79 Å². The number of anilines is 1. The Morgan fingerprint density at radius 3 is 2.24 bits per heavy atom. The summed E-state index contributed by atoms with van der Waals surface area (Å²) in [7, 11) is 0. The SMILES string of the molecule is O=C(NCC(=O)c1ccc(F)cc1)Nc1ccc(Cl)cc1. The van der Waals surface area contributed by atoms with Crippen LogP contribution in [0.5, 0.6) is 0 Å². The van der Waals surface area contributed by atoms with Crippen molar-refractivity contribution < 1.29 is 14.0 Å². The molecule has 0 atom stereocenters. The summed E-state index contributed by atoms with van der Waals surface area (Å²) in [5.41, 5.74) is 0.898. The zero-order chi connectivity index (χ0) is 15.2. The summed E-state index contributed by atoms with van der Waals surface area (Å²) in [6.07, 6.45) is 0. The fourth-order valence-electron chi connectivity index (χ4n) is 1.61. The maximum Gasteiger partial charge on any atom is 0.319 e. The molecule has 0 aliphatic carbocycles. The lowest BCUT2D eigenvalue weighted by Gasteiger charge is -2.07. The molecule has 4 nitrogen and oxygen atoms in total. The van der Waals surface area contributed by atoms with Gasteiger partial charge in [-0.1, -0.05) is 11.6 Å². The summed E-state index contributed by atoms with van der Waals surface area (Å²) in [5.74, 6) is -0.721. The molecule has 2 amide bonds. The molecular weight excluding hydrogens is 295 g/mol. The number of halogens is 2. The number of hydrogen-bond acceptors (Lipinski definition) is 2. The first-order valence-electron chi connectivity index (χ1n) is 6.14. The molecule has 0 spiro atoms. The predicted octanol–water partition coefficient (Wildman–Crippen LogP) is 3.48. The van der Waals surface area contributed by atoms with Gasteiger partial charge in [-0.25, -0.2) is 9.18 Å². The van der Waals surface area contributed by atoms with Gasteiger partial charge in [0, 0.05) is 16.3 Å². The smallest absolute Gasteiger partial charge is 0.319 e. The van der Waals surface area contributed by atoms with Crippen LogP contribution in [-0.4, -0.2) is 18.4 Å². The van der Waals surface area contributed by atoms with Gasteiger partial charge >= 0.3 is 6.03 Å². The number of hydrogen-bond donors (Lipinski definition) is 2. The Morgan fingerprint density at radius 2 is 1.62 bits per heavy atom. The van der Waals surface area contributed by atoms with Crippen LogP contribution in [0.3, 0.4) is 0 Å². The molecule has 6 heteroatoms. The Kier molecular flexibility index (Phi) is 4.90. The number of carbonyl (C=O) groups excluding carboxylic acids is 2. The standard InChI is InChI=1S/C15H12ClFN2O2/c16-11-3-7-13(8-4-11)19-15(21)18-9-14(20)10-1-5-12(17)6-2-10/h1-8H,9H2,(H2,18,19,21). The first-order valence-corrected chi connectivity index (χ1v) is 6.51. The van der Waals surface area contributed by atoms with Crippen LogP contribution in [0.4, 0.5) is 14.9 Å². The highest BCUT2D eigenvalue weighted by Gasteiger charge is 2.08. The van der Waals surface area contributed by atoms with Crippen LogP contribution in [0.15, 0.2) is 48.5 Å². The highest BCUT2D eigenvalue weighted by Crippen LogP contribution is 2.13. The van der Waals surface area contributed by atoms with Gasteiger partial charge in [-0.15, -0.1) is 0 Å². The van der Waals surface area contributed by atoms with Gasteiger partial charge < -0.3 is 10.6 Å². The van der Waals surface area contributed by atoms with Crippen molar-refractivity contribution in [1.82, 2.24) is 5.32 Å². The predicted molar refractivity (Wildman–Crippen MR) is 79.2 cm³/mol. The van der Waals surface area contributed by atoms with Crippen molar-refractivity contribution in [3.63, 3.8) is 0 Å². The van der Waals surface area contributed by atoms with E-state index in [1.807, 2.05) is 0 Å². The molecule has 2 N–H and O–H groups in total. The van der Waals surface area contributed by atoms with Crippen LogP contribution in [0.25, 0.3) is 0 Å². The summed E-state index contributed by atoms with van der Waals surface area (Å²) < 4.78 is 12.7. The molecule has 0 radical (unpaired) electrons.